The van der Waals surface area contributed by atoms with E-state index in [-0.39, 0.29) is 0 Å². The van der Waals surface area contributed by atoms with E-state index >= 15 is 0 Å². The topological polar surface area (TPSA) is 73.7 Å². The van der Waals surface area contributed by atoms with Crippen LogP contribution in [0.15, 0.2) is 60.7 Å². The van der Waals surface area contributed by atoms with E-state index in [1.807, 2.05) is 65.2 Å². The Morgan fingerprint density at radius 3 is 2.05 bits per heavy atom. The molecule has 0 fully saturated rings. The maximum absolute atomic E-state index is 6.18. The molecule has 0 amide bonds. The van der Waals surface area contributed by atoms with Crippen molar-refractivity contribution in [1.82, 2.24) is 9.78 Å². The summed E-state index contributed by atoms with van der Waals surface area (Å²) in [6.07, 6.45) is 0. The Labute approximate surface area is 123 Å². The van der Waals surface area contributed by atoms with Crippen molar-refractivity contribution in [2.24, 2.45) is 0 Å². The summed E-state index contributed by atoms with van der Waals surface area (Å²) in [6.45, 7) is 1.23. The zero-order chi connectivity index (χ0) is 14.7. The molecule has 106 valence electrons. The number of nitrogen functional groups attached to an aromatic ring is 2. The van der Waals surface area contributed by atoms with Gasteiger partial charge in [-0.1, -0.05) is 60.7 Å². The highest BCUT2D eigenvalue weighted by molar-refractivity contribution is 5.21. The van der Waals surface area contributed by atoms with Crippen LogP contribution in [-0.4, -0.2) is 9.78 Å². The minimum atomic E-state index is 0.423. The van der Waals surface area contributed by atoms with Crippen molar-refractivity contribution in [3.63, 3.8) is 0 Å². The zero-order valence-corrected chi connectivity index (χ0v) is 11.7. The summed E-state index contributed by atoms with van der Waals surface area (Å²) in [7, 11) is 0. The van der Waals surface area contributed by atoms with Crippen molar-refractivity contribution in [3.8, 4) is 0 Å². The molecule has 5 heteroatoms. The van der Waals surface area contributed by atoms with Crippen LogP contribution >= 0.6 is 0 Å². The third-order valence-electron chi connectivity index (χ3n) is 3.40. The molecular weight excluding hydrogens is 262 g/mol. The molecule has 0 saturated heterocycles. The fourth-order valence-corrected chi connectivity index (χ4v) is 2.29. The van der Waals surface area contributed by atoms with Crippen LogP contribution in [0.1, 0.15) is 11.1 Å². The summed E-state index contributed by atoms with van der Waals surface area (Å²) in [5.41, 5.74) is 14.5. The third kappa shape index (κ3) is 2.86. The Balaban J connectivity index is 1.86. The number of anilines is 2. The second-order valence-corrected chi connectivity index (χ2v) is 4.93. The monoisotopic (exact) mass is 280 g/mol. The molecule has 0 saturated carbocycles. The lowest BCUT2D eigenvalue weighted by Crippen LogP contribution is -2.39. The second kappa shape index (κ2) is 5.66. The molecule has 21 heavy (non-hydrogen) atoms. The SMILES string of the molecule is Nc1nn(Cc2ccccc2)c(N)[n+]1Cc1ccccc1. The van der Waals surface area contributed by atoms with E-state index in [9.17, 15) is 0 Å². The number of hydrogen-bond donors (Lipinski definition) is 2. The Kier molecular flexibility index (Phi) is 3.55. The van der Waals surface area contributed by atoms with Crippen LogP contribution in [0.2, 0.25) is 0 Å². The van der Waals surface area contributed by atoms with Crippen LogP contribution in [0.3, 0.4) is 0 Å². The van der Waals surface area contributed by atoms with Crippen molar-refractivity contribution in [2.45, 2.75) is 13.1 Å². The van der Waals surface area contributed by atoms with Crippen LogP contribution < -0.4 is 16.0 Å². The summed E-state index contributed by atoms with van der Waals surface area (Å²) < 4.78 is 3.55. The predicted molar refractivity (Wildman–Crippen MR) is 82.3 cm³/mol. The first-order valence-electron chi connectivity index (χ1n) is 6.83. The van der Waals surface area contributed by atoms with Crippen LogP contribution in [0.25, 0.3) is 0 Å². The number of nitrogens with zero attached hydrogens (tertiary/aromatic N) is 3. The maximum atomic E-state index is 6.18. The van der Waals surface area contributed by atoms with Gasteiger partial charge < -0.3 is 11.5 Å². The molecule has 0 bridgehead atoms. The lowest BCUT2D eigenvalue weighted by molar-refractivity contribution is -0.660. The molecule has 0 radical (unpaired) electrons. The van der Waals surface area contributed by atoms with Crippen molar-refractivity contribution < 1.29 is 4.57 Å². The summed E-state index contributed by atoms with van der Waals surface area (Å²) in [4.78, 5) is 0. The number of nitrogens with two attached hydrogens (primary N) is 2. The minimum Gasteiger partial charge on any atom is -0.320 e. The highest BCUT2D eigenvalue weighted by Gasteiger charge is 2.19. The molecule has 0 aliphatic carbocycles. The lowest BCUT2D eigenvalue weighted by Gasteiger charge is -2.02. The Morgan fingerprint density at radius 1 is 0.857 bits per heavy atom. The minimum absolute atomic E-state index is 0.423. The number of benzene rings is 2. The van der Waals surface area contributed by atoms with Gasteiger partial charge in [-0.05, 0) is 16.2 Å². The van der Waals surface area contributed by atoms with E-state index in [1.54, 1.807) is 4.68 Å². The van der Waals surface area contributed by atoms with Crippen molar-refractivity contribution in [2.75, 3.05) is 11.5 Å². The first kappa shape index (κ1) is 13.2. The summed E-state index contributed by atoms with van der Waals surface area (Å²) in [5.74, 6) is 0.979. The van der Waals surface area contributed by atoms with Gasteiger partial charge in [-0.3, -0.25) is 0 Å². The third-order valence-corrected chi connectivity index (χ3v) is 3.40. The molecule has 4 N–H and O–H groups in total. The maximum Gasteiger partial charge on any atom is 0.347 e. The highest BCUT2D eigenvalue weighted by atomic mass is 15.4. The average molecular weight is 280 g/mol. The number of aromatic nitrogens is 3. The van der Waals surface area contributed by atoms with E-state index in [0.717, 1.165) is 11.1 Å². The molecule has 1 heterocycles. The fourth-order valence-electron chi connectivity index (χ4n) is 2.29. The summed E-state index contributed by atoms with van der Waals surface area (Å²) in [6, 6.07) is 20.1. The molecule has 3 aromatic rings. The van der Waals surface area contributed by atoms with Gasteiger partial charge in [0.05, 0.1) is 6.54 Å². The molecule has 2 aromatic carbocycles. The molecule has 0 unspecified atom stereocenters. The lowest BCUT2D eigenvalue weighted by atomic mass is 10.2. The van der Waals surface area contributed by atoms with Crippen molar-refractivity contribution >= 4 is 11.9 Å². The van der Waals surface area contributed by atoms with Gasteiger partial charge in [-0.15, -0.1) is 4.68 Å². The largest absolute Gasteiger partial charge is 0.347 e. The second-order valence-electron chi connectivity index (χ2n) is 4.93. The first-order chi connectivity index (χ1) is 10.2. The van der Waals surface area contributed by atoms with Gasteiger partial charge in [-0.2, -0.15) is 0 Å². The van der Waals surface area contributed by atoms with E-state index in [2.05, 4.69) is 5.10 Å². The molecule has 5 nitrogen and oxygen atoms in total. The smallest absolute Gasteiger partial charge is 0.320 e. The van der Waals surface area contributed by atoms with E-state index < -0.39 is 0 Å². The van der Waals surface area contributed by atoms with Crippen molar-refractivity contribution in [3.05, 3.63) is 71.8 Å². The molecule has 0 aliphatic rings. The average Bonchev–Trinajstić information content (AvgIpc) is 2.77. The van der Waals surface area contributed by atoms with Crippen LogP contribution in [0, 0.1) is 0 Å². The van der Waals surface area contributed by atoms with Gasteiger partial charge in [0.2, 0.25) is 0 Å². The van der Waals surface area contributed by atoms with Crippen LogP contribution in [0.5, 0.6) is 0 Å². The highest BCUT2D eigenvalue weighted by Crippen LogP contribution is 2.08. The molecule has 0 aliphatic heterocycles. The normalized spacial score (nSPS) is 10.7. The zero-order valence-electron chi connectivity index (χ0n) is 11.7. The molecular formula is C16H18N5+. The summed E-state index contributed by atoms with van der Waals surface area (Å²) in [5, 5.41) is 4.33. The summed E-state index contributed by atoms with van der Waals surface area (Å²) >= 11 is 0. The molecule has 0 atom stereocenters. The van der Waals surface area contributed by atoms with Crippen LogP contribution in [0.4, 0.5) is 11.9 Å². The van der Waals surface area contributed by atoms with Gasteiger partial charge in [0.25, 0.3) is 0 Å². The van der Waals surface area contributed by atoms with Gasteiger partial charge in [0.1, 0.15) is 6.54 Å². The van der Waals surface area contributed by atoms with Gasteiger partial charge in [0.15, 0.2) is 0 Å². The fraction of sp³-hybridized carbons (Fsp3) is 0.125. The van der Waals surface area contributed by atoms with Gasteiger partial charge in [0, 0.05) is 0 Å². The van der Waals surface area contributed by atoms with E-state index in [4.69, 9.17) is 11.5 Å². The quantitative estimate of drug-likeness (QED) is 0.710. The van der Waals surface area contributed by atoms with Gasteiger partial charge in [-0.25, -0.2) is 4.57 Å². The standard InChI is InChI=1S/C16H17N5/c17-15-19-21(12-14-9-5-2-6-10-14)16(18)20(15)11-13-7-3-1-4-8-13/h1-10,18H,11-12H2,(H2,17,19)/p+1. The molecule has 3 rings (SSSR count). The van der Waals surface area contributed by atoms with Crippen molar-refractivity contribution in [1.29, 1.82) is 0 Å². The predicted octanol–water partition coefficient (Wildman–Crippen LogP) is 1.43. The Morgan fingerprint density at radius 2 is 1.43 bits per heavy atom. The Bertz CT molecular complexity index is 719. The number of hydrogen-bond acceptors (Lipinski definition) is 3. The Hall–Kier alpha value is -2.82. The van der Waals surface area contributed by atoms with Crippen LogP contribution in [-0.2, 0) is 13.1 Å². The molecule has 1 aromatic heterocycles. The number of rotatable bonds is 4. The van der Waals surface area contributed by atoms with Gasteiger partial charge >= 0.3 is 11.9 Å². The van der Waals surface area contributed by atoms with E-state index in [1.165, 1.54) is 0 Å². The molecule has 0 spiro atoms. The van der Waals surface area contributed by atoms with E-state index in [0.29, 0.717) is 25.0 Å². The first-order valence-corrected chi connectivity index (χ1v) is 6.83.